The summed E-state index contributed by atoms with van der Waals surface area (Å²) in [6, 6.07) is 0.594. The zero-order valence-electron chi connectivity index (χ0n) is 7.54. The van der Waals surface area contributed by atoms with E-state index in [0.717, 1.165) is 19.7 Å². The van der Waals surface area contributed by atoms with Crippen molar-refractivity contribution in [2.75, 3.05) is 26.8 Å². The molecule has 3 nitrogen and oxygen atoms in total. The second-order valence-corrected chi connectivity index (χ2v) is 3.12. The molecule has 0 aromatic heterocycles. The number of rotatable bonds is 2. The van der Waals surface area contributed by atoms with E-state index in [0.29, 0.717) is 6.04 Å². The summed E-state index contributed by atoms with van der Waals surface area (Å²) in [6.45, 7) is 7.10. The van der Waals surface area contributed by atoms with Gasteiger partial charge in [-0.15, -0.1) is 0 Å². The molecule has 3 heteroatoms. The average Bonchev–Trinajstić information content (AvgIpc) is 2.05. The Morgan fingerprint density at radius 3 is 2.82 bits per heavy atom. The van der Waals surface area contributed by atoms with E-state index in [-0.39, 0.29) is 6.29 Å². The van der Waals surface area contributed by atoms with Crippen LogP contribution in [0.15, 0.2) is 0 Å². The summed E-state index contributed by atoms with van der Waals surface area (Å²) in [5.74, 6) is 0. The smallest absolute Gasteiger partial charge is 0.169 e. The molecule has 0 saturated carbocycles. The molecule has 1 aliphatic rings. The molecule has 1 fully saturated rings. The van der Waals surface area contributed by atoms with E-state index in [9.17, 15) is 0 Å². The normalized spacial score (nSPS) is 27.8. The van der Waals surface area contributed by atoms with Crippen LogP contribution in [0.25, 0.3) is 0 Å². The van der Waals surface area contributed by atoms with E-state index in [1.807, 2.05) is 0 Å². The van der Waals surface area contributed by atoms with E-state index in [4.69, 9.17) is 9.47 Å². The minimum absolute atomic E-state index is 0.0221. The van der Waals surface area contributed by atoms with Crippen molar-refractivity contribution in [1.82, 2.24) is 4.90 Å². The van der Waals surface area contributed by atoms with Gasteiger partial charge < -0.3 is 9.47 Å². The van der Waals surface area contributed by atoms with E-state index in [1.165, 1.54) is 0 Å². The standard InChI is InChI=1S/C8H17NO2/c1-7(2)9-4-5-11-8(6-9)10-3/h7-8H,4-6H2,1-3H3. The number of hydrogen-bond acceptors (Lipinski definition) is 3. The molecular weight excluding hydrogens is 142 g/mol. The van der Waals surface area contributed by atoms with Gasteiger partial charge in [0.15, 0.2) is 6.29 Å². The third-order valence-electron chi connectivity index (χ3n) is 2.06. The van der Waals surface area contributed by atoms with Crippen molar-refractivity contribution >= 4 is 0 Å². The van der Waals surface area contributed by atoms with Crippen LogP contribution in [0.5, 0.6) is 0 Å². The molecule has 1 rings (SSSR count). The Balaban J connectivity index is 2.33. The van der Waals surface area contributed by atoms with Gasteiger partial charge in [0, 0.05) is 26.2 Å². The minimum atomic E-state index is -0.0221. The predicted octanol–water partition coefficient (Wildman–Crippen LogP) is 0.700. The van der Waals surface area contributed by atoms with Crippen molar-refractivity contribution in [2.24, 2.45) is 0 Å². The van der Waals surface area contributed by atoms with Gasteiger partial charge in [0.05, 0.1) is 6.61 Å². The molecule has 1 aliphatic heterocycles. The third-order valence-corrected chi connectivity index (χ3v) is 2.06. The monoisotopic (exact) mass is 159 g/mol. The second-order valence-electron chi connectivity index (χ2n) is 3.12. The van der Waals surface area contributed by atoms with Crippen molar-refractivity contribution in [1.29, 1.82) is 0 Å². The summed E-state index contributed by atoms with van der Waals surface area (Å²) in [5.41, 5.74) is 0. The summed E-state index contributed by atoms with van der Waals surface area (Å²) < 4.78 is 10.5. The second kappa shape index (κ2) is 4.04. The van der Waals surface area contributed by atoms with Gasteiger partial charge in [-0.05, 0) is 13.8 Å². The highest BCUT2D eigenvalue weighted by Crippen LogP contribution is 2.08. The van der Waals surface area contributed by atoms with E-state index in [1.54, 1.807) is 7.11 Å². The molecule has 1 saturated heterocycles. The van der Waals surface area contributed by atoms with Crippen molar-refractivity contribution in [3.05, 3.63) is 0 Å². The van der Waals surface area contributed by atoms with Gasteiger partial charge in [-0.25, -0.2) is 0 Å². The first-order chi connectivity index (χ1) is 5.24. The molecule has 0 aromatic rings. The Bertz CT molecular complexity index is 117. The molecule has 1 atom stereocenters. The minimum Gasteiger partial charge on any atom is -0.355 e. The maximum Gasteiger partial charge on any atom is 0.169 e. The number of hydrogen-bond donors (Lipinski definition) is 0. The molecule has 0 spiro atoms. The van der Waals surface area contributed by atoms with Gasteiger partial charge in [-0.2, -0.15) is 0 Å². The highest BCUT2D eigenvalue weighted by atomic mass is 16.7. The average molecular weight is 159 g/mol. The lowest BCUT2D eigenvalue weighted by molar-refractivity contribution is -0.168. The van der Waals surface area contributed by atoms with Gasteiger partial charge in [0.25, 0.3) is 0 Å². The summed E-state index contributed by atoms with van der Waals surface area (Å²) in [4.78, 5) is 2.36. The van der Waals surface area contributed by atoms with E-state index >= 15 is 0 Å². The molecule has 0 radical (unpaired) electrons. The van der Waals surface area contributed by atoms with Crippen molar-refractivity contribution in [3.63, 3.8) is 0 Å². The fourth-order valence-corrected chi connectivity index (χ4v) is 1.25. The topological polar surface area (TPSA) is 21.7 Å². The van der Waals surface area contributed by atoms with Gasteiger partial charge in [0.1, 0.15) is 0 Å². The van der Waals surface area contributed by atoms with Crippen molar-refractivity contribution < 1.29 is 9.47 Å². The van der Waals surface area contributed by atoms with Crippen LogP contribution >= 0.6 is 0 Å². The molecule has 0 aromatic carbocycles. The Morgan fingerprint density at radius 2 is 2.27 bits per heavy atom. The Morgan fingerprint density at radius 1 is 1.55 bits per heavy atom. The van der Waals surface area contributed by atoms with Gasteiger partial charge >= 0.3 is 0 Å². The lowest BCUT2D eigenvalue weighted by Crippen LogP contribution is -2.46. The van der Waals surface area contributed by atoms with Crippen LogP contribution in [0.3, 0.4) is 0 Å². The molecule has 1 heterocycles. The predicted molar refractivity (Wildman–Crippen MR) is 43.5 cm³/mol. The Kier molecular flexibility index (Phi) is 3.30. The van der Waals surface area contributed by atoms with Crippen LogP contribution in [0.2, 0.25) is 0 Å². The summed E-state index contributed by atoms with van der Waals surface area (Å²) in [5, 5.41) is 0. The summed E-state index contributed by atoms with van der Waals surface area (Å²) in [6.07, 6.45) is -0.0221. The molecule has 0 aliphatic carbocycles. The number of nitrogens with zero attached hydrogens (tertiary/aromatic N) is 1. The highest BCUT2D eigenvalue weighted by molar-refractivity contribution is 4.68. The molecule has 0 amide bonds. The number of ether oxygens (including phenoxy) is 2. The lowest BCUT2D eigenvalue weighted by Gasteiger charge is -2.34. The third kappa shape index (κ3) is 2.43. The van der Waals surface area contributed by atoms with E-state index in [2.05, 4.69) is 18.7 Å². The molecule has 1 unspecified atom stereocenters. The van der Waals surface area contributed by atoms with Crippen LogP contribution in [-0.2, 0) is 9.47 Å². The van der Waals surface area contributed by atoms with Crippen molar-refractivity contribution in [3.8, 4) is 0 Å². The molecule has 66 valence electrons. The zero-order valence-corrected chi connectivity index (χ0v) is 7.54. The van der Waals surface area contributed by atoms with Gasteiger partial charge in [-0.3, -0.25) is 4.90 Å². The molecular formula is C8H17NO2. The first kappa shape index (κ1) is 8.97. The number of morpholine rings is 1. The fraction of sp³-hybridized carbons (Fsp3) is 1.00. The number of methoxy groups -OCH3 is 1. The van der Waals surface area contributed by atoms with Crippen molar-refractivity contribution in [2.45, 2.75) is 26.2 Å². The zero-order chi connectivity index (χ0) is 8.27. The van der Waals surface area contributed by atoms with Crippen LogP contribution in [0, 0.1) is 0 Å². The maximum absolute atomic E-state index is 5.34. The fourth-order valence-electron chi connectivity index (χ4n) is 1.25. The molecule has 0 bridgehead atoms. The SMILES string of the molecule is COC1CN(C(C)C)CCO1. The summed E-state index contributed by atoms with van der Waals surface area (Å²) in [7, 11) is 1.69. The molecule has 0 N–H and O–H groups in total. The van der Waals surface area contributed by atoms with Gasteiger partial charge in [-0.1, -0.05) is 0 Å². The van der Waals surface area contributed by atoms with Crippen LogP contribution in [0.1, 0.15) is 13.8 Å². The highest BCUT2D eigenvalue weighted by Gasteiger charge is 2.21. The maximum atomic E-state index is 5.34. The van der Waals surface area contributed by atoms with Crippen LogP contribution in [0.4, 0.5) is 0 Å². The van der Waals surface area contributed by atoms with Gasteiger partial charge in [0.2, 0.25) is 0 Å². The van der Waals surface area contributed by atoms with E-state index < -0.39 is 0 Å². The lowest BCUT2D eigenvalue weighted by atomic mass is 10.3. The largest absolute Gasteiger partial charge is 0.355 e. The first-order valence-corrected chi connectivity index (χ1v) is 4.12. The quantitative estimate of drug-likeness (QED) is 0.592. The molecule has 11 heavy (non-hydrogen) atoms. The Hall–Kier alpha value is -0.120. The summed E-state index contributed by atoms with van der Waals surface area (Å²) >= 11 is 0. The first-order valence-electron chi connectivity index (χ1n) is 4.12. The van der Waals surface area contributed by atoms with Crippen LogP contribution < -0.4 is 0 Å². The van der Waals surface area contributed by atoms with Crippen LogP contribution in [-0.4, -0.2) is 44.0 Å². The Labute approximate surface area is 68.3 Å².